The number of benzene rings is 2. The van der Waals surface area contributed by atoms with Crippen molar-refractivity contribution in [3.8, 4) is 22.8 Å². The van der Waals surface area contributed by atoms with E-state index in [1.807, 2.05) is 54.6 Å². The number of carbonyl (C=O) groups excluding carboxylic acids is 2. The van der Waals surface area contributed by atoms with Gasteiger partial charge in [0.1, 0.15) is 17.2 Å². The minimum Gasteiger partial charge on any atom is -0.457 e. The third kappa shape index (κ3) is 3.23. The molecule has 4 rings (SSSR count). The van der Waals surface area contributed by atoms with Gasteiger partial charge in [-0.25, -0.2) is 0 Å². The van der Waals surface area contributed by atoms with Crippen molar-refractivity contribution in [2.45, 2.75) is 0 Å². The summed E-state index contributed by atoms with van der Waals surface area (Å²) in [4.78, 5) is 23.4. The number of para-hydroxylation sites is 1. The highest BCUT2D eigenvalue weighted by Gasteiger charge is 2.19. The number of rotatable bonds is 4. The predicted octanol–water partition coefficient (Wildman–Crippen LogP) is 4.23. The second kappa shape index (κ2) is 6.64. The number of hydrogen-bond acceptors (Lipinski definition) is 5. The zero-order valence-corrected chi connectivity index (χ0v) is 13.6. The molecule has 0 aliphatic heterocycles. The first-order valence-electron chi connectivity index (χ1n) is 7.97. The summed E-state index contributed by atoms with van der Waals surface area (Å²) in [5.41, 5.74) is 1.36. The van der Waals surface area contributed by atoms with Crippen molar-refractivity contribution >= 4 is 17.1 Å². The van der Waals surface area contributed by atoms with Gasteiger partial charge in [-0.05, 0) is 54.6 Å². The molecule has 0 radical (unpaired) electrons. The average Bonchev–Trinajstić information content (AvgIpc) is 3.15. The Morgan fingerprint density at radius 3 is 2.35 bits per heavy atom. The standard InChI is InChI=1S/C21H13NO4/c23-15-8-11-20(24)18(12-15)19-13-21(26-22-19)14-6-9-17(10-7-14)25-16-4-2-1-3-5-16/h1-13H. The molecule has 0 saturated heterocycles. The van der Waals surface area contributed by atoms with Gasteiger partial charge in [0.2, 0.25) is 0 Å². The quantitative estimate of drug-likeness (QED) is 0.663. The van der Waals surface area contributed by atoms with Crippen molar-refractivity contribution in [1.29, 1.82) is 0 Å². The number of hydrogen-bond donors (Lipinski definition) is 0. The Morgan fingerprint density at radius 1 is 0.846 bits per heavy atom. The van der Waals surface area contributed by atoms with Crippen molar-refractivity contribution in [3.05, 3.63) is 84.6 Å². The van der Waals surface area contributed by atoms with Gasteiger partial charge in [0.05, 0.1) is 5.57 Å². The normalized spacial score (nSPS) is 13.6. The maximum Gasteiger partial charge on any atom is 0.188 e. The van der Waals surface area contributed by atoms with E-state index in [0.29, 0.717) is 17.2 Å². The van der Waals surface area contributed by atoms with E-state index >= 15 is 0 Å². The van der Waals surface area contributed by atoms with Crippen molar-refractivity contribution in [1.82, 2.24) is 5.16 Å². The maximum absolute atomic E-state index is 11.9. The van der Waals surface area contributed by atoms with Crippen molar-refractivity contribution in [3.63, 3.8) is 0 Å². The summed E-state index contributed by atoms with van der Waals surface area (Å²) in [5, 5.41) is 3.91. The van der Waals surface area contributed by atoms with E-state index in [1.165, 1.54) is 18.2 Å². The number of ketones is 2. The molecule has 5 nitrogen and oxygen atoms in total. The van der Waals surface area contributed by atoms with Crippen LogP contribution in [0.5, 0.6) is 11.5 Å². The fraction of sp³-hybridized carbons (Fsp3) is 0. The first-order chi connectivity index (χ1) is 12.7. The van der Waals surface area contributed by atoms with Gasteiger partial charge in [0.25, 0.3) is 0 Å². The summed E-state index contributed by atoms with van der Waals surface area (Å²) in [6, 6.07) is 18.4. The monoisotopic (exact) mass is 343 g/mol. The molecule has 2 aromatic carbocycles. The van der Waals surface area contributed by atoms with Gasteiger partial charge in [0, 0.05) is 11.6 Å². The molecule has 1 heterocycles. The summed E-state index contributed by atoms with van der Waals surface area (Å²) in [6.45, 7) is 0. The number of carbonyl (C=O) groups is 2. The lowest BCUT2D eigenvalue weighted by atomic mass is 10.0. The van der Waals surface area contributed by atoms with Crippen LogP contribution in [0.3, 0.4) is 0 Å². The van der Waals surface area contributed by atoms with Gasteiger partial charge in [-0.2, -0.15) is 0 Å². The summed E-state index contributed by atoms with van der Waals surface area (Å²) >= 11 is 0. The van der Waals surface area contributed by atoms with Gasteiger partial charge >= 0.3 is 0 Å². The van der Waals surface area contributed by atoms with Gasteiger partial charge in [-0.1, -0.05) is 23.4 Å². The summed E-state index contributed by atoms with van der Waals surface area (Å²) in [5.74, 6) is 1.44. The van der Waals surface area contributed by atoms with Crippen LogP contribution in [0.1, 0.15) is 5.69 Å². The van der Waals surface area contributed by atoms with Crippen molar-refractivity contribution < 1.29 is 18.8 Å². The number of aromatic nitrogens is 1. The smallest absolute Gasteiger partial charge is 0.188 e. The van der Waals surface area contributed by atoms with Crippen LogP contribution in [-0.2, 0) is 9.59 Å². The lowest BCUT2D eigenvalue weighted by Crippen LogP contribution is -2.06. The molecule has 1 aliphatic rings. The van der Waals surface area contributed by atoms with E-state index in [-0.39, 0.29) is 17.1 Å². The molecule has 0 bridgehead atoms. The van der Waals surface area contributed by atoms with Crippen LogP contribution in [0.2, 0.25) is 0 Å². The van der Waals surface area contributed by atoms with Crippen molar-refractivity contribution in [2.24, 2.45) is 0 Å². The van der Waals surface area contributed by atoms with Gasteiger partial charge < -0.3 is 9.26 Å². The minimum atomic E-state index is -0.268. The Bertz CT molecular complexity index is 1030. The molecule has 126 valence electrons. The molecule has 3 aromatic rings. The molecule has 0 fully saturated rings. The van der Waals surface area contributed by atoms with Gasteiger partial charge in [0.15, 0.2) is 17.3 Å². The molecule has 1 aliphatic carbocycles. The molecule has 26 heavy (non-hydrogen) atoms. The van der Waals surface area contributed by atoms with E-state index in [9.17, 15) is 9.59 Å². The van der Waals surface area contributed by atoms with E-state index in [4.69, 9.17) is 9.26 Å². The second-order valence-electron chi connectivity index (χ2n) is 5.67. The molecular formula is C21H13NO4. The Morgan fingerprint density at radius 2 is 1.58 bits per heavy atom. The summed E-state index contributed by atoms with van der Waals surface area (Å²) in [6.07, 6.45) is 3.74. The third-order valence-electron chi connectivity index (χ3n) is 3.85. The largest absolute Gasteiger partial charge is 0.457 e. The maximum atomic E-state index is 11.9. The van der Waals surface area contributed by atoms with Crippen LogP contribution < -0.4 is 4.74 Å². The van der Waals surface area contributed by atoms with E-state index < -0.39 is 0 Å². The number of nitrogens with zero attached hydrogens (tertiary/aromatic N) is 1. The van der Waals surface area contributed by atoms with Crippen LogP contribution >= 0.6 is 0 Å². The molecule has 0 spiro atoms. The molecule has 0 atom stereocenters. The predicted molar refractivity (Wildman–Crippen MR) is 95.6 cm³/mol. The zero-order valence-electron chi connectivity index (χ0n) is 13.6. The van der Waals surface area contributed by atoms with Crippen LogP contribution in [-0.4, -0.2) is 16.7 Å². The molecule has 0 N–H and O–H groups in total. The van der Waals surface area contributed by atoms with E-state index in [2.05, 4.69) is 5.16 Å². The highest BCUT2D eigenvalue weighted by atomic mass is 16.5. The second-order valence-corrected chi connectivity index (χ2v) is 5.67. The lowest BCUT2D eigenvalue weighted by molar-refractivity contribution is -0.113. The molecule has 0 amide bonds. The first-order valence-corrected chi connectivity index (χ1v) is 7.97. The first kappa shape index (κ1) is 15.8. The Kier molecular flexibility index (Phi) is 4.03. The molecule has 1 aromatic heterocycles. The zero-order chi connectivity index (χ0) is 17.9. The average molecular weight is 343 g/mol. The molecule has 0 unspecified atom stereocenters. The van der Waals surface area contributed by atoms with Crippen molar-refractivity contribution in [2.75, 3.05) is 0 Å². The fourth-order valence-electron chi connectivity index (χ4n) is 2.56. The highest BCUT2D eigenvalue weighted by Crippen LogP contribution is 2.28. The topological polar surface area (TPSA) is 69.4 Å². The lowest BCUT2D eigenvalue weighted by Gasteiger charge is -2.05. The Hall–Kier alpha value is -3.73. The van der Waals surface area contributed by atoms with Gasteiger partial charge in [-0.3, -0.25) is 9.59 Å². The fourth-order valence-corrected chi connectivity index (χ4v) is 2.56. The molecule has 5 heteroatoms. The minimum absolute atomic E-state index is 0.233. The van der Waals surface area contributed by atoms with E-state index in [0.717, 1.165) is 11.3 Å². The van der Waals surface area contributed by atoms with Crippen LogP contribution in [0, 0.1) is 0 Å². The Balaban J connectivity index is 1.55. The molecule has 0 saturated carbocycles. The van der Waals surface area contributed by atoms with Gasteiger partial charge in [-0.15, -0.1) is 0 Å². The summed E-state index contributed by atoms with van der Waals surface area (Å²) in [7, 11) is 0. The SMILES string of the molecule is O=C1C=CC(=O)C(c2cc(-c3ccc(Oc4ccccc4)cc3)on2)=C1. The third-order valence-corrected chi connectivity index (χ3v) is 3.85. The molecular weight excluding hydrogens is 330 g/mol. The number of allylic oxidation sites excluding steroid dienone is 4. The Labute approximate surface area is 149 Å². The van der Waals surface area contributed by atoms with Crippen LogP contribution in [0.4, 0.5) is 0 Å². The van der Waals surface area contributed by atoms with Crippen LogP contribution in [0.25, 0.3) is 16.9 Å². The van der Waals surface area contributed by atoms with E-state index in [1.54, 1.807) is 6.07 Å². The number of ether oxygens (including phenoxy) is 1. The highest BCUT2D eigenvalue weighted by molar-refractivity contribution is 6.33. The summed E-state index contributed by atoms with van der Waals surface area (Å²) < 4.78 is 11.1. The van der Waals surface area contributed by atoms with Crippen LogP contribution in [0.15, 0.2) is 83.4 Å².